The fourth-order valence-corrected chi connectivity index (χ4v) is 2.71. The van der Waals surface area contributed by atoms with Gasteiger partial charge < -0.3 is 4.74 Å². The molecular weight excluding hydrogens is 294 g/mol. The van der Waals surface area contributed by atoms with Crippen molar-refractivity contribution in [2.75, 3.05) is 5.75 Å². The second kappa shape index (κ2) is 8.91. The Morgan fingerprint density at radius 2 is 1.73 bits per heavy atom. The largest absolute Gasteiger partial charge is 0.457 e. The maximum atomic E-state index is 12.0. The molecule has 0 aliphatic rings. The van der Waals surface area contributed by atoms with Gasteiger partial charge in [-0.2, -0.15) is 5.26 Å². The summed E-state index contributed by atoms with van der Waals surface area (Å²) in [5, 5.41) is 8.75. The zero-order chi connectivity index (χ0) is 15.6. The standard InChI is InChI=1S/C18H17NO2S/c19-13-7-12-17(15-8-3-1-4-9-15)21-18(20)14-22-16-10-5-2-6-11-16/h1-6,8-11,17H,7,12,14H2/t17-/m0/s1. The fourth-order valence-electron chi connectivity index (χ4n) is 2.01. The van der Waals surface area contributed by atoms with Crippen molar-refractivity contribution < 1.29 is 9.53 Å². The lowest BCUT2D eigenvalue weighted by molar-refractivity contribution is -0.146. The predicted octanol–water partition coefficient (Wildman–Crippen LogP) is 4.37. The van der Waals surface area contributed by atoms with E-state index in [-0.39, 0.29) is 17.8 Å². The fraction of sp³-hybridized carbons (Fsp3) is 0.222. The molecule has 1 atom stereocenters. The van der Waals surface area contributed by atoms with Gasteiger partial charge in [-0.05, 0) is 17.7 Å². The monoisotopic (exact) mass is 311 g/mol. The summed E-state index contributed by atoms with van der Waals surface area (Å²) in [6.07, 6.45) is 0.519. The molecule has 3 nitrogen and oxygen atoms in total. The molecule has 0 aliphatic heterocycles. The number of nitriles is 1. The predicted molar refractivity (Wildman–Crippen MR) is 87.3 cm³/mol. The van der Waals surface area contributed by atoms with Gasteiger partial charge in [-0.15, -0.1) is 11.8 Å². The third-order valence-electron chi connectivity index (χ3n) is 3.06. The van der Waals surface area contributed by atoms with Gasteiger partial charge in [0.05, 0.1) is 11.8 Å². The van der Waals surface area contributed by atoms with Crippen LogP contribution in [-0.2, 0) is 9.53 Å². The number of hydrogen-bond acceptors (Lipinski definition) is 4. The highest BCUT2D eigenvalue weighted by molar-refractivity contribution is 8.00. The van der Waals surface area contributed by atoms with Gasteiger partial charge in [-0.25, -0.2) is 0 Å². The third kappa shape index (κ3) is 5.27. The van der Waals surface area contributed by atoms with Crippen LogP contribution in [0.5, 0.6) is 0 Å². The van der Waals surface area contributed by atoms with Crippen LogP contribution in [0.15, 0.2) is 65.6 Å². The first-order valence-electron chi connectivity index (χ1n) is 7.09. The van der Waals surface area contributed by atoms with E-state index in [0.29, 0.717) is 12.8 Å². The lowest BCUT2D eigenvalue weighted by Gasteiger charge is -2.17. The molecule has 0 saturated heterocycles. The lowest BCUT2D eigenvalue weighted by atomic mass is 10.1. The minimum absolute atomic E-state index is 0.263. The summed E-state index contributed by atoms with van der Waals surface area (Å²) in [6.45, 7) is 0. The van der Waals surface area contributed by atoms with E-state index in [0.717, 1.165) is 10.5 Å². The Hall–Kier alpha value is -2.25. The molecule has 0 saturated carbocycles. The Morgan fingerprint density at radius 3 is 2.36 bits per heavy atom. The average molecular weight is 311 g/mol. The van der Waals surface area contributed by atoms with Gasteiger partial charge in [0.15, 0.2) is 0 Å². The minimum atomic E-state index is -0.357. The first-order valence-corrected chi connectivity index (χ1v) is 8.07. The Balaban J connectivity index is 1.92. The lowest BCUT2D eigenvalue weighted by Crippen LogP contribution is -2.13. The SMILES string of the molecule is N#CCC[C@H](OC(=O)CSc1ccccc1)c1ccccc1. The van der Waals surface area contributed by atoms with Crippen molar-refractivity contribution >= 4 is 17.7 Å². The number of benzene rings is 2. The van der Waals surface area contributed by atoms with E-state index in [1.165, 1.54) is 11.8 Å². The van der Waals surface area contributed by atoms with Gasteiger partial charge in [-0.1, -0.05) is 48.5 Å². The highest BCUT2D eigenvalue weighted by Gasteiger charge is 2.16. The van der Waals surface area contributed by atoms with Crippen molar-refractivity contribution in [3.63, 3.8) is 0 Å². The average Bonchev–Trinajstić information content (AvgIpc) is 2.58. The molecule has 2 aromatic rings. The maximum Gasteiger partial charge on any atom is 0.316 e. The summed E-state index contributed by atoms with van der Waals surface area (Å²) in [6, 6.07) is 21.4. The van der Waals surface area contributed by atoms with Crippen LogP contribution in [-0.4, -0.2) is 11.7 Å². The highest BCUT2D eigenvalue weighted by atomic mass is 32.2. The number of thioether (sulfide) groups is 1. The first kappa shape index (κ1) is 16.1. The number of hydrogen-bond donors (Lipinski definition) is 0. The molecule has 2 rings (SSSR count). The molecule has 2 aromatic carbocycles. The highest BCUT2D eigenvalue weighted by Crippen LogP contribution is 2.24. The van der Waals surface area contributed by atoms with Crippen LogP contribution < -0.4 is 0 Å². The maximum absolute atomic E-state index is 12.0. The Morgan fingerprint density at radius 1 is 1.09 bits per heavy atom. The van der Waals surface area contributed by atoms with E-state index in [4.69, 9.17) is 10.00 Å². The summed E-state index contributed by atoms with van der Waals surface area (Å²) in [5.41, 5.74) is 0.927. The zero-order valence-electron chi connectivity index (χ0n) is 12.1. The van der Waals surface area contributed by atoms with Crippen molar-refractivity contribution in [3.05, 3.63) is 66.2 Å². The molecule has 0 heterocycles. The number of ether oxygens (including phenoxy) is 1. The van der Waals surface area contributed by atoms with E-state index >= 15 is 0 Å². The summed E-state index contributed by atoms with van der Waals surface area (Å²) in [4.78, 5) is 13.1. The van der Waals surface area contributed by atoms with Crippen LogP contribution in [0.25, 0.3) is 0 Å². The van der Waals surface area contributed by atoms with Gasteiger partial charge in [0, 0.05) is 17.7 Å². The molecule has 112 valence electrons. The molecule has 0 aliphatic carbocycles. The molecule has 0 amide bonds. The normalized spacial score (nSPS) is 11.4. The van der Waals surface area contributed by atoms with Gasteiger partial charge in [0.25, 0.3) is 0 Å². The van der Waals surface area contributed by atoms with Crippen LogP contribution in [0.4, 0.5) is 0 Å². The Bertz CT molecular complexity index is 623. The minimum Gasteiger partial charge on any atom is -0.457 e. The van der Waals surface area contributed by atoms with Crippen LogP contribution in [0.1, 0.15) is 24.5 Å². The van der Waals surface area contributed by atoms with Crippen LogP contribution in [0.2, 0.25) is 0 Å². The summed E-state index contributed by atoms with van der Waals surface area (Å²) < 4.78 is 5.55. The van der Waals surface area contributed by atoms with E-state index in [1.807, 2.05) is 60.7 Å². The van der Waals surface area contributed by atoms with E-state index < -0.39 is 0 Å². The number of carbonyl (C=O) groups excluding carboxylic acids is 1. The number of carbonyl (C=O) groups is 1. The smallest absolute Gasteiger partial charge is 0.316 e. The second-order valence-electron chi connectivity index (χ2n) is 4.69. The van der Waals surface area contributed by atoms with Crippen molar-refractivity contribution in [3.8, 4) is 6.07 Å². The molecule has 0 spiro atoms. The molecule has 0 N–H and O–H groups in total. The van der Waals surface area contributed by atoms with Gasteiger partial charge >= 0.3 is 5.97 Å². The van der Waals surface area contributed by atoms with Gasteiger partial charge in [0.2, 0.25) is 0 Å². The van der Waals surface area contributed by atoms with Crippen LogP contribution in [0, 0.1) is 11.3 Å². The van der Waals surface area contributed by atoms with E-state index in [1.54, 1.807) is 0 Å². The molecular formula is C18H17NO2S. The number of rotatable bonds is 7. The topological polar surface area (TPSA) is 50.1 Å². The molecule has 22 heavy (non-hydrogen) atoms. The second-order valence-corrected chi connectivity index (χ2v) is 5.74. The molecule has 0 fully saturated rings. The van der Waals surface area contributed by atoms with Crippen LogP contribution >= 0.6 is 11.8 Å². The van der Waals surface area contributed by atoms with Crippen molar-refractivity contribution in [1.29, 1.82) is 5.26 Å². The summed E-state index contributed by atoms with van der Waals surface area (Å²) in [7, 11) is 0. The van der Waals surface area contributed by atoms with Crippen molar-refractivity contribution in [1.82, 2.24) is 0 Å². The van der Waals surface area contributed by atoms with Gasteiger partial charge in [0.1, 0.15) is 6.10 Å². The van der Waals surface area contributed by atoms with E-state index in [9.17, 15) is 4.79 Å². The van der Waals surface area contributed by atoms with Crippen molar-refractivity contribution in [2.45, 2.75) is 23.8 Å². The van der Waals surface area contributed by atoms with Crippen molar-refractivity contribution in [2.24, 2.45) is 0 Å². The molecule has 0 unspecified atom stereocenters. The number of esters is 1. The molecule has 0 bridgehead atoms. The third-order valence-corrected chi connectivity index (χ3v) is 4.05. The zero-order valence-corrected chi connectivity index (χ0v) is 13.0. The molecule has 0 radical (unpaired) electrons. The number of nitrogens with zero attached hydrogens (tertiary/aromatic N) is 1. The Kier molecular flexibility index (Phi) is 6.53. The summed E-state index contributed by atoms with van der Waals surface area (Å²) in [5.74, 6) is 0.000499. The summed E-state index contributed by atoms with van der Waals surface area (Å²) >= 11 is 1.45. The molecule has 0 aromatic heterocycles. The van der Waals surface area contributed by atoms with Gasteiger partial charge in [-0.3, -0.25) is 4.79 Å². The van der Waals surface area contributed by atoms with E-state index in [2.05, 4.69) is 6.07 Å². The van der Waals surface area contributed by atoms with Crippen LogP contribution in [0.3, 0.4) is 0 Å². The molecule has 4 heteroatoms. The quantitative estimate of drug-likeness (QED) is 0.563. The first-order chi connectivity index (χ1) is 10.8. The Labute approximate surface area is 134 Å².